The largest absolute Gasteiger partial charge is 0.252 e. The molecule has 0 spiro atoms. The number of aromatic nitrogens is 3. The number of pyridine rings is 1. The van der Waals surface area contributed by atoms with Crippen LogP contribution < -0.4 is 0 Å². The molecule has 2 aromatic rings. The summed E-state index contributed by atoms with van der Waals surface area (Å²) in [6.45, 7) is 0. The van der Waals surface area contributed by atoms with E-state index in [0.29, 0.717) is 5.02 Å². The van der Waals surface area contributed by atoms with Gasteiger partial charge >= 0.3 is 0 Å². The predicted octanol–water partition coefficient (Wildman–Crippen LogP) is 2.25. The fourth-order valence-corrected chi connectivity index (χ4v) is 1.43. The predicted molar refractivity (Wildman–Crippen MR) is 48.2 cm³/mol. The zero-order valence-electron chi connectivity index (χ0n) is 5.94. The number of halogens is 1. The van der Waals surface area contributed by atoms with Gasteiger partial charge in [-0.25, -0.2) is 0 Å². The van der Waals surface area contributed by atoms with Crippen LogP contribution in [0.2, 0.25) is 5.02 Å². The van der Waals surface area contributed by atoms with Crippen LogP contribution in [0.3, 0.4) is 0 Å². The molecule has 5 heteroatoms. The number of hydrogen-bond acceptors (Lipinski definition) is 4. The van der Waals surface area contributed by atoms with Gasteiger partial charge < -0.3 is 0 Å². The quantitative estimate of drug-likeness (QED) is 0.704. The third kappa shape index (κ3) is 1.44. The van der Waals surface area contributed by atoms with Crippen LogP contribution in [0.1, 0.15) is 0 Å². The van der Waals surface area contributed by atoms with Crippen molar-refractivity contribution in [1.82, 2.24) is 15.2 Å². The molecule has 0 atom stereocenters. The van der Waals surface area contributed by atoms with Gasteiger partial charge in [0.2, 0.25) is 0 Å². The molecule has 0 fully saturated rings. The van der Waals surface area contributed by atoms with E-state index in [9.17, 15) is 0 Å². The van der Waals surface area contributed by atoms with Crippen molar-refractivity contribution in [1.29, 1.82) is 0 Å². The lowest BCUT2D eigenvalue weighted by Crippen LogP contribution is -1.80. The summed E-state index contributed by atoms with van der Waals surface area (Å²) in [6, 6.07) is 3.61. The minimum atomic E-state index is 0.628. The van der Waals surface area contributed by atoms with E-state index in [1.807, 2.05) is 6.07 Å². The molecule has 0 saturated heterocycles. The molecule has 0 aromatic carbocycles. The summed E-state index contributed by atoms with van der Waals surface area (Å²) in [5.41, 5.74) is 2.48. The molecule has 0 aliphatic carbocycles. The summed E-state index contributed by atoms with van der Waals surface area (Å²) in [4.78, 5) is 4.10. The Hall–Kier alpha value is -1.00. The molecule has 60 valence electrons. The Morgan fingerprint density at radius 3 is 2.83 bits per heavy atom. The van der Waals surface area contributed by atoms with Crippen LogP contribution in [-0.2, 0) is 0 Å². The molecule has 2 aromatic heterocycles. The number of hydrogen-bond donors (Lipinski definition) is 0. The first-order valence-corrected chi connectivity index (χ1v) is 4.50. The highest BCUT2D eigenvalue weighted by Crippen LogP contribution is 2.18. The first-order valence-electron chi connectivity index (χ1n) is 3.24. The van der Waals surface area contributed by atoms with Crippen molar-refractivity contribution in [3.63, 3.8) is 0 Å². The van der Waals surface area contributed by atoms with E-state index in [0.717, 1.165) is 10.7 Å². The number of rotatable bonds is 1. The van der Waals surface area contributed by atoms with Crippen molar-refractivity contribution < 1.29 is 0 Å². The maximum absolute atomic E-state index is 5.68. The standard InChI is InChI=1S/C7H4ClN3S/c8-5-1-2-6(9-3-5)7-11-10-4-12-7/h1-4H. The molecular weight excluding hydrogens is 194 g/mol. The zero-order valence-corrected chi connectivity index (χ0v) is 7.51. The van der Waals surface area contributed by atoms with Gasteiger partial charge in [0.15, 0.2) is 5.01 Å². The van der Waals surface area contributed by atoms with Crippen LogP contribution >= 0.6 is 22.9 Å². The molecule has 0 unspecified atom stereocenters. The second-order valence-corrected chi connectivity index (χ2v) is 3.38. The highest BCUT2D eigenvalue weighted by Gasteiger charge is 2.01. The fraction of sp³-hybridized carbons (Fsp3) is 0. The normalized spacial score (nSPS) is 10.1. The molecule has 3 nitrogen and oxygen atoms in total. The van der Waals surface area contributed by atoms with Gasteiger partial charge in [-0.15, -0.1) is 10.2 Å². The Balaban J connectivity index is 2.43. The maximum Gasteiger partial charge on any atom is 0.166 e. The van der Waals surface area contributed by atoms with Gasteiger partial charge in [0.25, 0.3) is 0 Å². The first-order chi connectivity index (χ1) is 5.86. The maximum atomic E-state index is 5.68. The van der Waals surface area contributed by atoms with Gasteiger partial charge in [-0.2, -0.15) is 0 Å². The lowest BCUT2D eigenvalue weighted by Gasteiger charge is -1.92. The Bertz CT molecular complexity index is 357. The van der Waals surface area contributed by atoms with Crippen molar-refractivity contribution >= 4 is 22.9 Å². The van der Waals surface area contributed by atoms with Crippen LogP contribution in [0.4, 0.5) is 0 Å². The molecule has 0 bridgehead atoms. The van der Waals surface area contributed by atoms with E-state index in [-0.39, 0.29) is 0 Å². The molecular formula is C7H4ClN3S. The SMILES string of the molecule is Clc1ccc(-c2nncs2)nc1. The topological polar surface area (TPSA) is 38.7 Å². The Labute approximate surface area is 78.1 Å². The third-order valence-corrected chi connectivity index (χ3v) is 2.24. The van der Waals surface area contributed by atoms with E-state index < -0.39 is 0 Å². The number of nitrogens with zero attached hydrogens (tertiary/aromatic N) is 3. The second kappa shape index (κ2) is 3.16. The smallest absolute Gasteiger partial charge is 0.166 e. The highest BCUT2D eigenvalue weighted by atomic mass is 35.5. The van der Waals surface area contributed by atoms with Crippen molar-refractivity contribution in [2.24, 2.45) is 0 Å². The van der Waals surface area contributed by atoms with Gasteiger partial charge in [0, 0.05) is 6.20 Å². The van der Waals surface area contributed by atoms with E-state index in [1.54, 1.807) is 17.8 Å². The monoisotopic (exact) mass is 197 g/mol. The molecule has 12 heavy (non-hydrogen) atoms. The molecule has 0 aliphatic rings. The third-order valence-electron chi connectivity index (χ3n) is 1.31. The molecule has 0 saturated carbocycles. The Morgan fingerprint density at radius 1 is 1.33 bits per heavy atom. The molecule has 0 radical (unpaired) electrons. The van der Waals surface area contributed by atoms with Crippen LogP contribution in [0.15, 0.2) is 23.8 Å². The van der Waals surface area contributed by atoms with E-state index in [2.05, 4.69) is 15.2 Å². The lowest BCUT2D eigenvalue weighted by molar-refractivity contribution is 1.09. The minimum absolute atomic E-state index is 0.628. The average molecular weight is 198 g/mol. The van der Waals surface area contributed by atoms with Crippen molar-refractivity contribution in [3.8, 4) is 10.7 Å². The lowest BCUT2D eigenvalue weighted by atomic mass is 10.4. The van der Waals surface area contributed by atoms with E-state index in [1.165, 1.54) is 11.3 Å². The summed E-state index contributed by atoms with van der Waals surface area (Å²) in [5.74, 6) is 0. The van der Waals surface area contributed by atoms with Crippen molar-refractivity contribution in [3.05, 3.63) is 28.9 Å². The molecule has 0 N–H and O–H groups in total. The summed E-state index contributed by atoms with van der Waals surface area (Å²) in [5, 5.41) is 9.04. The second-order valence-electron chi connectivity index (χ2n) is 2.11. The first kappa shape index (κ1) is 7.64. The molecule has 2 rings (SSSR count). The fourth-order valence-electron chi connectivity index (χ4n) is 0.787. The van der Waals surface area contributed by atoms with Gasteiger partial charge in [-0.1, -0.05) is 22.9 Å². The van der Waals surface area contributed by atoms with Crippen LogP contribution in [0.5, 0.6) is 0 Å². The van der Waals surface area contributed by atoms with Crippen molar-refractivity contribution in [2.75, 3.05) is 0 Å². The molecule has 0 aliphatic heterocycles. The Morgan fingerprint density at radius 2 is 2.25 bits per heavy atom. The van der Waals surface area contributed by atoms with E-state index in [4.69, 9.17) is 11.6 Å². The zero-order chi connectivity index (χ0) is 8.39. The highest BCUT2D eigenvalue weighted by molar-refractivity contribution is 7.12. The van der Waals surface area contributed by atoms with Crippen LogP contribution in [0.25, 0.3) is 10.7 Å². The van der Waals surface area contributed by atoms with Crippen LogP contribution in [-0.4, -0.2) is 15.2 Å². The van der Waals surface area contributed by atoms with Gasteiger partial charge in [-0.3, -0.25) is 4.98 Å². The summed E-state index contributed by atoms with van der Waals surface area (Å²) in [7, 11) is 0. The molecule has 2 heterocycles. The molecule has 0 amide bonds. The van der Waals surface area contributed by atoms with E-state index >= 15 is 0 Å². The van der Waals surface area contributed by atoms with Gasteiger partial charge in [0.1, 0.15) is 11.2 Å². The summed E-state index contributed by atoms with van der Waals surface area (Å²) in [6.07, 6.45) is 1.60. The average Bonchev–Trinajstić information content (AvgIpc) is 2.58. The summed E-state index contributed by atoms with van der Waals surface area (Å²) >= 11 is 7.13. The van der Waals surface area contributed by atoms with Crippen LogP contribution in [0, 0.1) is 0 Å². The minimum Gasteiger partial charge on any atom is -0.252 e. The van der Waals surface area contributed by atoms with Crippen molar-refractivity contribution in [2.45, 2.75) is 0 Å². The van der Waals surface area contributed by atoms with Gasteiger partial charge in [-0.05, 0) is 12.1 Å². The summed E-state index contributed by atoms with van der Waals surface area (Å²) < 4.78 is 0. The Kier molecular flexibility index (Phi) is 2.01. The van der Waals surface area contributed by atoms with Gasteiger partial charge in [0.05, 0.1) is 5.02 Å².